The molecule has 0 unspecified atom stereocenters. The van der Waals surface area contributed by atoms with Gasteiger partial charge in [-0.25, -0.2) is 15.1 Å². The van der Waals surface area contributed by atoms with Gasteiger partial charge in [-0.15, -0.1) is 0 Å². The molecule has 1 heterocycles. The fourth-order valence-electron chi connectivity index (χ4n) is 0.550. The second kappa shape index (κ2) is 3.14. The van der Waals surface area contributed by atoms with Gasteiger partial charge in [-0.2, -0.15) is 0 Å². The molecule has 0 saturated carbocycles. The van der Waals surface area contributed by atoms with E-state index in [9.17, 15) is 5.11 Å². The van der Waals surface area contributed by atoms with E-state index in [-0.39, 0.29) is 6.61 Å². The van der Waals surface area contributed by atoms with Crippen molar-refractivity contribution < 1.29 is 5.11 Å². The molecule has 0 aliphatic carbocycles. The number of hydrogen-bond donors (Lipinski definition) is 0. The van der Waals surface area contributed by atoms with Gasteiger partial charge in [0.15, 0.2) is 0 Å². The fraction of sp³-hybridized carbons (Fsp3) is 0.333. The zero-order valence-electron chi connectivity index (χ0n) is 4.95. The topological polar surface area (TPSA) is 45.7 Å². The van der Waals surface area contributed by atoms with Crippen molar-refractivity contribution >= 4 is 0 Å². The molecule has 0 bridgehead atoms. The van der Waals surface area contributed by atoms with Crippen molar-refractivity contribution in [3.63, 3.8) is 0 Å². The van der Waals surface area contributed by atoms with Crippen LogP contribution in [0.25, 0.3) is 0 Å². The summed E-state index contributed by atoms with van der Waals surface area (Å²) in [5.74, 6) is 0.632. The molecule has 0 aromatic carbocycles. The van der Waals surface area contributed by atoms with E-state index in [4.69, 9.17) is 0 Å². The maximum atomic E-state index is 10.0. The minimum atomic E-state index is -0.135. The van der Waals surface area contributed by atoms with E-state index in [1.165, 1.54) is 0 Å². The molecule has 3 heteroatoms. The SMILES string of the molecule is [O]CCc1ncccn1. The minimum Gasteiger partial charge on any atom is -0.241 e. The van der Waals surface area contributed by atoms with Crippen LogP contribution in [-0.4, -0.2) is 16.6 Å². The molecule has 0 spiro atoms. The van der Waals surface area contributed by atoms with Gasteiger partial charge < -0.3 is 0 Å². The highest BCUT2D eigenvalue weighted by Crippen LogP contribution is 1.86. The summed E-state index contributed by atoms with van der Waals surface area (Å²) in [5, 5.41) is 10.0. The highest BCUT2D eigenvalue weighted by Gasteiger charge is 1.89. The summed E-state index contributed by atoms with van der Waals surface area (Å²) in [6, 6.07) is 1.73. The summed E-state index contributed by atoms with van der Waals surface area (Å²) in [4.78, 5) is 7.71. The van der Waals surface area contributed by atoms with E-state index in [0.717, 1.165) is 0 Å². The van der Waals surface area contributed by atoms with Crippen molar-refractivity contribution in [2.24, 2.45) is 0 Å². The molecule has 0 aliphatic rings. The molecule has 0 aliphatic heterocycles. The van der Waals surface area contributed by atoms with Crippen molar-refractivity contribution in [3.05, 3.63) is 24.3 Å². The summed E-state index contributed by atoms with van der Waals surface area (Å²) in [6.45, 7) is -0.135. The third-order valence-electron chi connectivity index (χ3n) is 0.945. The average Bonchev–Trinajstić information content (AvgIpc) is 1.91. The van der Waals surface area contributed by atoms with Crippen LogP contribution in [0.15, 0.2) is 18.5 Å². The first-order valence-electron chi connectivity index (χ1n) is 2.77. The smallest absolute Gasteiger partial charge is 0.130 e. The van der Waals surface area contributed by atoms with Gasteiger partial charge >= 0.3 is 0 Å². The van der Waals surface area contributed by atoms with Crippen LogP contribution in [-0.2, 0) is 11.5 Å². The van der Waals surface area contributed by atoms with Crippen LogP contribution in [0.3, 0.4) is 0 Å². The lowest BCUT2D eigenvalue weighted by atomic mass is 10.4. The average molecular weight is 123 g/mol. The maximum Gasteiger partial charge on any atom is 0.130 e. The minimum absolute atomic E-state index is 0.135. The van der Waals surface area contributed by atoms with E-state index in [1.54, 1.807) is 18.5 Å². The monoisotopic (exact) mass is 123 g/mol. The van der Waals surface area contributed by atoms with Crippen LogP contribution in [0.4, 0.5) is 0 Å². The molecule has 1 radical (unpaired) electrons. The molecule has 1 rings (SSSR count). The molecule has 47 valence electrons. The van der Waals surface area contributed by atoms with Crippen LogP contribution in [0, 0.1) is 0 Å². The van der Waals surface area contributed by atoms with E-state index >= 15 is 0 Å². The number of rotatable bonds is 2. The zero-order valence-corrected chi connectivity index (χ0v) is 4.95. The Hall–Kier alpha value is -0.960. The van der Waals surface area contributed by atoms with Crippen LogP contribution in [0.1, 0.15) is 5.82 Å². The molecular formula is C6H7N2O. The summed E-state index contributed by atoms with van der Waals surface area (Å²) >= 11 is 0. The van der Waals surface area contributed by atoms with E-state index in [1.807, 2.05) is 0 Å². The largest absolute Gasteiger partial charge is 0.241 e. The first-order valence-corrected chi connectivity index (χ1v) is 2.77. The first-order chi connectivity index (χ1) is 4.43. The normalized spacial score (nSPS) is 9.44. The fourth-order valence-corrected chi connectivity index (χ4v) is 0.550. The standard InChI is InChI=1S/C6H7N2O/c9-5-2-6-7-3-1-4-8-6/h1,3-4H,2,5H2. The van der Waals surface area contributed by atoms with Gasteiger partial charge in [-0.1, -0.05) is 0 Å². The lowest BCUT2D eigenvalue weighted by Crippen LogP contribution is -1.95. The molecule has 9 heavy (non-hydrogen) atoms. The second-order valence-corrected chi connectivity index (χ2v) is 1.62. The Morgan fingerprint density at radius 3 is 2.56 bits per heavy atom. The van der Waals surface area contributed by atoms with Crippen molar-refractivity contribution in [1.29, 1.82) is 0 Å². The van der Waals surface area contributed by atoms with Crippen LogP contribution < -0.4 is 0 Å². The highest BCUT2D eigenvalue weighted by atomic mass is 16.3. The third kappa shape index (κ3) is 1.77. The lowest BCUT2D eigenvalue weighted by molar-refractivity contribution is 0.195. The molecule has 0 amide bonds. The summed E-state index contributed by atoms with van der Waals surface area (Å²) in [5.41, 5.74) is 0. The quantitative estimate of drug-likeness (QED) is 0.573. The third-order valence-corrected chi connectivity index (χ3v) is 0.945. The second-order valence-electron chi connectivity index (χ2n) is 1.62. The van der Waals surface area contributed by atoms with Gasteiger partial charge in [0, 0.05) is 18.8 Å². The van der Waals surface area contributed by atoms with Crippen molar-refractivity contribution in [2.45, 2.75) is 6.42 Å². The Morgan fingerprint density at radius 2 is 2.00 bits per heavy atom. The van der Waals surface area contributed by atoms with Gasteiger partial charge in [-0.05, 0) is 6.07 Å². The van der Waals surface area contributed by atoms with Gasteiger partial charge in [0.25, 0.3) is 0 Å². The van der Waals surface area contributed by atoms with Crippen LogP contribution in [0.2, 0.25) is 0 Å². The van der Waals surface area contributed by atoms with Gasteiger partial charge in [0.1, 0.15) is 5.82 Å². The number of aromatic nitrogens is 2. The first kappa shape index (κ1) is 6.16. The van der Waals surface area contributed by atoms with Gasteiger partial charge in [0.2, 0.25) is 0 Å². The molecule has 1 aromatic rings. The number of nitrogens with zero attached hydrogens (tertiary/aromatic N) is 2. The summed E-state index contributed by atoms with van der Waals surface area (Å²) in [6.07, 6.45) is 3.71. The Morgan fingerprint density at radius 1 is 1.33 bits per heavy atom. The predicted molar refractivity (Wildman–Crippen MR) is 31.3 cm³/mol. The highest BCUT2D eigenvalue weighted by molar-refractivity contribution is 4.87. The van der Waals surface area contributed by atoms with E-state index < -0.39 is 0 Å². The molecule has 0 atom stereocenters. The van der Waals surface area contributed by atoms with Crippen LogP contribution in [0.5, 0.6) is 0 Å². The Balaban J connectivity index is 2.61. The Labute approximate surface area is 53.4 Å². The Bertz CT molecular complexity index is 164. The van der Waals surface area contributed by atoms with E-state index in [2.05, 4.69) is 9.97 Å². The van der Waals surface area contributed by atoms with Crippen molar-refractivity contribution in [3.8, 4) is 0 Å². The Kier molecular flexibility index (Phi) is 2.15. The summed E-state index contributed by atoms with van der Waals surface area (Å²) < 4.78 is 0. The zero-order chi connectivity index (χ0) is 6.53. The maximum absolute atomic E-state index is 10.0. The molecule has 1 aromatic heterocycles. The lowest BCUT2D eigenvalue weighted by Gasteiger charge is -1.90. The molecule has 0 fully saturated rings. The number of hydrogen-bond acceptors (Lipinski definition) is 2. The van der Waals surface area contributed by atoms with E-state index in [0.29, 0.717) is 12.2 Å². The van der Waals surface area contributed by atoms with Crippen LogP contribution >= 0.6 is 0 Å². The van der Waals surface area contributed by atoms with Gasteiger partial charge in [0.05, 0.1) is 6.61 Å². The molecular weight excluding hydrogens is 116 g/mol. The molecule has 0 N–H and O–H groups in total. The molecule has 3 nitrogen and oxygen atoms in total. The van der Waals surface area contributed by atoms with Gasteiger partial charge in [-0.3, -0.25) is 0 Å². The summed E-state index contributed by atoms with van der Waals surface area (Å²) in [7, 11) is 0. The van der Waals surface area contributed by atoms with Crippen molar-refractivity contribution in [1.82, 2.24) is 9.97 Å². The predicted octanol–water partition coefficient (Wildman–Crippen LogP) is 0.450. The van der Waals surface area contributed by atoms with Crippen molar-refractivity contribution in [2.75, 3.05) is 6.61 Å². The molecule has 0 saturated heterocycles.